The Hall–Kier alpha value is -2.26. The van der Waals surface area contributed by atoms with Gasteiger partial charge in [0.25, 0.3) is 5.91 Å². The van der Waals surface area contributed by atoms with Gasteiger partial charge in [-0.2, -0.15) is 0 Å². The molecule has 2 atom stereocenters. The van der Waals surface area contributed by atoms with Crippen LogP contribution in [0.1, 0.15) is 15.2 Å². The summed E-state index contributed by atoms with van der Waals surface area (Å²) in [6, 6.07) is 7.37. The normalized spacial score (nSPS) is 21.3. The molecule has 1 aromatic heterocycles. The highest BCUT2D eigenvalue weighted by atomic mass is 32.2. The zero-order valence-corrected chi connectivity index (χ0v) is 15.5. The van der Waals surface area contributed by atoms with Gasteiger partial charge in [0.2, 0.25) is 5.91 Å². The Kier molecular flexibility index (Phi) is 5.10. The van der Waals surface area contributed by atoms with Gasteiger partial charge in [-0.05, 0) is 30.0 Å². The highest BCUT2D eigenvalue weighted by Gasteiger charge is 2.43. The fourth-order valence-corrected chi connectivity index (χ4v) is 5.48. The topological polar surface area (TPSA) is 92.3 Å². The van der Waals surface area contributed by atoms with Crippen LogP contribution in [0.15, 0.2) is 35.7 Å². The van der Waals surface area contributed by atoms with Crippen LogP contribution in [0.25, 0.3) is 0 Å². The molecule has 6 nitrogen and oxygen atoms in total. The summed E-state index contributed by atoms with van der Waals surface area (Å²) in [4.78, 5) is 24.7. The molecule has 0 bridgehead atoms. The molecule has 138 valence electrons. The number of sulfone groups is 1. The molecule has 2 N–H and O–H groups in total. The first-order valence-corrected chi connectivity index (χ1v) is 10.6. The number of nitrogens with one attached hydrogen (secondary N) is 2. The molecule has 2 aromatic rings. The molecule has 3 rings (SSSR count). The number of hydrogen-bond acceptors (Lipinski definition) is 5. The maximum atomic E-state index is 13.6. The van der Waals surface area contributed by atoms with Gasteiger partial charge in [0.05, 0.1) is 23.5 Å². The molecule has 26 heavy (non-hydrogen) atoms. The smallest absolute Gasteiger partial charge is 0.264 e. The van der Waals surface area contributed by atoms with Crippen LogP contribution in [-0.4, -0.2) is 37.8 Å². The molecule has 1 aromatic carbocycles. The number of thiophene rings is 1. The third-order valence-corrected chi connectivity index (χ3v) is 6.85. The van der Waals surface area contributed by atoms with E-state index in [0.29, 0.717) is 5.69 Å². The molecule has 0 radical (unpaired) electrons. The van der Waals surface area contributed by atoms with Crippen molar-refractivity contribution >= 4 is 38.7 Å². The van der Waals surface area contributed by atoms with E-state index in [1.54, 1.807) is 12.1 Å². The van der Waals surface area contributed by atoms with E-state index in [2.05, 4.69) is 10.6 Å². The maximum Gasteiger partial charge on any atom is 0.264 e. The van der Waals surface area contributed by atoms with Crippen molar-refractivity contribution in [3.63, 3.8) is 0 Å². The Balaban J connectivity index is 1.78. The van der Waals surface area contributed by atoms with Gasteiger partial charge < -0.3 is 10.6 Å². The summed E-state index contributed by atoms with van der Waals surface area (Å²) in [6.45, 7) is 1.82. The number of aryl methyl sites for hydroxylation is 1. The van der Waals surface area contributed by atoms with Gasteiger partial charge in [0, 0.05) is 5.69 Å². The van der Waals surface area contributed by atoms with Crippen LogP contribution in [0.4, 0.5) is 10.1 Å². The second kappa shape index (κ2) is 7.16. The van der Waals surface area contributed by atoms with Gasteiger partial charge in [-0.25, -0.2) is 12.8 Å². The van der Waals surface area contributed by atoms with Crippen molar-refractivity contribution in [3.8, 4) is 0 Å². The molecular formula is C17H17FN2O4S2. The predicted molar refractivity (Wildman–Crippen MR) is 97.5 cm³/mol. The average Bonchev–Trinajstić information content (AvgIpc) is 3.12. The minimum Gasteiger partial charge on any atom is -0.347 e. The van der Waals surface area contributed by atoms with Gasteiger partial charge in [-0.3, -0.25) is 9.59 Å². The molecule has 1 aliphatic rings. The first kappa shape index (κ1) is 18.5. The summed E-state index contributed by atoms with van der Waals surface area (Å²) in [5, 5.41) is 6.64. The Morgan fingerprint density at radius 2 is 1.92 bits per heavy atom. The van der Waals surface area contributed by atoms with Crippen LogP contribution in [0.2, 0.25) is 0 Å². The lowest BCUT2D eigenvalue weighted by Gasteiger charge is -2.19. The van der Waals surface area contributed by atoms with Gasteiger partial charge in [0.1, 0.15) is 10.7 Å². The summed E-state index contributed by atoms with van der Waals surface area (Å²) in [7, 11) is -3.48. The van der Waals surface area contributed by atoms with Gasteiger partial charge in [-0.1, -0.05) is 18.2 Å². The lowest BCUT2D eigenvalue weighted by molar-refractivity contribution is -0.119. The van der Waals surface area contributed by atoms with Crippen LogP contribution in [0, 0.1) is 18.7 Å². The van der Waals surface area contributed by atoms with Crippen molar-refractivity contribution in [2.45, 2.75) is 13.0 Å². The molecular weight excluding hydrogens is 379 g/mol. The fourth-order valence-electron chi connectivity index (χ4n) is 2.88. The number of benzene rings is 1. The quantitative estimate of drug-likeness (QED) is 0.827. The summed E-state index contributed by atoms with van der Waals surface area (Å²) < 4.78 is 37.6. The molecule has 1 fully saturated rings. The van der Waals surface area contributed by atoms with Crippen LogP contribution < -0.4 is 10.6 Å². The van der Waals surface area contributed by atoms with Gasteiger partial charge >= 0.3 is 0 Å². The summed E-state index contributed by atoms with van der Waals surface area (Å²) in [5.74, 6) is -3.52. The highest BCUT2D eigenvalue weighted by Crippen LogP contribution is 2.24. The zero-order valence-electron chi connectivity index (χ0n) is 13.9. The molecule has 0 spiro atoms. The Morgan fingerprint density at radius 3 is 2.58 bits per heavy atom. The molecule has 0 saturated carbocycles. The van der Waals surface area contributed by atoms with E-state index >= 15 is 0 Å². The van der Waals surface area contributed by atoms with Gasteiger partial charge in [-0.15, -0.1) is 11.3 Å². The molecule has 9 heteroatoms. The van der Waals surface area contributed by atoms with E-state index in [1.165, 1.54) is 5.38 Å². The monoisotopic (exact) mass is 396 g/mol. The number of anilines is 1. The van der Waals surface area contributed by atoms with E-state index in [4.69, 9.17) is 0 Å². The minimum atomic E-state index is -3.48. The number of halogens is 1. The van der Waals surface area contributed by atoms with Crippen LogP contribution in [0.3, 0.4) is 0 Å². The van der Waals surface area contributed by atoms with E-state index in [-0.39, 0.29) is 16.4 Å². The molecule has 0 aliphatic carbocycles. The molecule has 2 heterocycles. The number of carbonyl (C=O) groups excluding carboxylic acids is 2. The van der Waals surface area contributed by atoms with Crippen molar-refractivity contribution in [3.05, 3.63) is 52.0 Å². The fraction of sp³-hybridized carbons (Fsp3) is 0.294. The van der Waals surface area contributed by atoms with Crippen molar-refractivity contribution < 1.29 is 22.4 Å². The van der Waals surface area contributed by atoms with Crippen molar-refractivity contribution in [2.24, 2.45) is 5.92 Å². The molecule has 1 saturated heterocycles. The standard InChI is InChI=1S/C17H17FN2O4S2/c1-10-4-2-3-5-13(10)19-16(21)11-8-26(23,24)9-14(11)20-17(22)15-12(18)6-7-25-15/h2-7,11,14H,8-9H2,1H3,(H,19,21)(H,20,22)/t11-,14-/m1/s1. The van der Waals surface area contributed by atoms with Gasteiger partial charge in [0.15, 0.2) is 9.84 Å². The predicted octanol–water partition coefficient (Wildman–Crippen LogP) is 1.98. The van der Waals surface area contributed by atoms with Crippen LogP contribution in [-0.2, 0) is 14.6 Å². The third-order valence-electron chi connectivity index (χ3n) is 4.23. The second-order valence-corrected chi connectivity index (χ2v) is 9.24. The highest BCUT2D eigenvalue weighted by molar-refractivity contribution is 7.91. The number of rotatable bonds is 4. The molecule has 0 unspecified atom stereocenters. The summed E-state index contributed by atoms with van der Waals surface area (Å²) in [6.07, 6.45) is 0. The van der Waals surface area contributed by atoms with E-state index in [1.807, 2.05) is 19.1 Å². The number of carbonyl (C=O) groups is 2. The van der Waals surface area contributed by atoms with Crippen LogP contribution in [0.5, 0.6) is 0 Å². The van der Waals surface area contributed by atoms with Crippen molar-refractivity contribution in [2.75, 3.05) is 16.8 Å². The van der Waals surface area contributed by atoms with E-state index in [0.717, 1.165) is 23.0 Å². The Labute approximate surface area is 154 Å². The average molecular weight is 396 g/mol. The molecule has 1 aliphatic heterocycles. The lowest BCUT2D eigenvalue weighted by Crippen LogP contribution is -2.44. The van der Waals surface area contributed by atoms with E-state index < -0.39 is 39.4 Å². The first-order chi connectivity index (χ1) is 12.3. The minimum absolute atomic E-state index is 0.132. The second-order valence-electron chi connectivity index (χ2n) is 6.17. The SMILES string of the molecule is Cc1ccccc1NC(=O)[C@@H]1CS(=O)(=O)C[C@H]1NC(=O)c1sccc1F. The largest absolute Gasteiger partial charge is 0.347 e. The van der Waals surface area contributed by atoms with E-state index in [9.17, 15) is 22.4 Å². The Bertz CT molecular complexity index is 955. The number of amides is 2. The number of para-hydroxylation sites is 1. The van der Waals surface area contributed by atoms with Crippen molar-refractivity contribution in [1.82, 2.24) is 5.32 Å². The zero-order chi connectivity index (χ0) is 18.9. The van der Waals surface area contributed by atoms with Crippen LogP contribution >= 0.6 is 11.3 Å². The Morgan fingerprint density at radius 1 is 1.19 bits per heavy atom. The maximum absolute atomic E-state index is 13.6. The lowest BCUT2D eigenvalue weighted by atomic mass is 10.0. The third kappa shape index (κ3) is 3.94. The van der Waals surface area contributed by atoms with Crippen molar-refractivity contribution in [1.29, 1.82) is 0 Å². The molecule has 2 amide bonds. The first-order valence-electron chi connectivity index (χ1n) is 7.87. The summed E-state index contributed by atoms with van der Waals surface area (Å²) in [5.41, 5.74) is 1.42. The summed E-state index contributed by atoms with van der Waals surface area (Å²) >= 11 is 0.918. The number of hydrogen-bond donors (Lipinski definition) is 2.